The number of aromatic nitrogens is 2. The number of aryl methyl sites for hydroxylation is 1. The molecule has 0 aliphatic carbocycles. The first-order chi connectivity index (χ1) is 9.19. The summed E-state index contributed by atoms with van der Waals surface area (Å²) in [6.45, 7) is 1.96. The van der Waals surface area contributed by atoms with Gasteiger partial charge in [0.1, 0.15) is 5.38 Å². The molecule has 2 rings (SSSR count). The first-order valence-electron chi connectivity index (χ1n) is 6.13. The second-order valence-electron chi connectivity index (χ2n) is 4.21. The molecular formula is C13H16ClN3O2. The van der Waals surface area contributed by atoms with Crippen molar-refractivity contribution >= 4 is 23.3 Å². The zero-order valence-electron chi connectivity index (χ0n) is 10.6. The van der Waals surface area contributed by atoms with Gasteiger partial charge in [0.25, 0.3) is 0 Å². The third-order valence-corrected chi connectivity index (χ3v) is 2.77. The highest BCUT2D eigenvalue weighted by atomic mass is 35.5. The Kier molecular flexibility index (Phi) is 4.76. The van der Waals surface area contributed by atoms with Gasteiger partial charge in [-0.2, -0.15) is 0 Å². The predicted octanol–water partition coefficient (Wildman–Crippen LogP) is 3.04. The van der Waals surface area contributed by atoms with Crippen LogP contribution in [-0.2, 0) is 6.42 Å². The van der Waals surface area contributed by atoms with Crippen molar-refractivity contribution in [2.45, 2.75) is 25.1 Å². The largest absolute Gasteiger partial charge is 0.406 e. The van der Waals surface area contributed by atoms with Gasteiger partial charge in [-0.3, -0.25) is 0 Å². The molecule has 1 unspecified atom stereocenters. The van der Waals surface area contributed by atoms with E-state index in [9.17, 15) is 0 Å². The van der Waals surface area contributed by atoms with Crippen LogP contribution in [0.15, 0.2) is 28.7 Å². The molecule has 1 heterocycles. The van der Waals surface area contributed by atoms with Crippen LogP contribution in [0.2, 0.25) is 0 Å². The number of aliphatic hydroxyl groups excluding tert-OH is 1. The lowest BCUT2D eigenvalue weighted by atomic mass is 10.1. The van der Waals surface area contributed by atoms with E-state index in [1.807, 2.05) is 24.3 Å². The Morgan fingerprint density at radius 3 is 2.95 bits per heavy atom. The van der Waals surface area contributed by atoms with Crippen LogP contribution in [-0.4, -0.2) is 21.9 Å². The summed E-state index contributed by atoms with van der Waals surface area (Å²) < 4.78 is 5.36. The second-order valence-corrected chi connectivity index (χ2v) is 4.87. The number of rotatable bonds is 6. The van der Waals surface area contributed by atoms with E-state index in [0.717, 1.165) is 24.1 Å². The van der Waals surface area contributed by atoms with Crippen molar-refractivity contribution in [2.75, 3.05) is 11.9 Å². The summed E-state index contributed by atoms with van der Waals surface area (Å²) in [5.74, 6) is 0.389. The van der Waals surface area contributed by atoms with Gasteiger partial charge in [-0.15, -0.1) is 16.7 Å². The molecule has 0 saturated heterocycles. The molecule has 0 radical (unpaired) electrons. The Labute approximate surface area is 116 Å². The molecule has 0 fully saturated rings. The molecule has 5 nitrogen and oxygen atoms in total. The van der Waals surface area contributed by atoms with Gasteiger partial charge in [0, 0.05) is 12.3 Å². The molecule has 2 aromatic rings. The SMILES string of the molecule is CC(Cl)c1nnc(Nc2cccc(CCCO)c2)o1. The lowest BCUT2D eigenvalue weighted by molar-refractivity contribution is 0.288. The van der Waals surface area contributed by atoms with Crippen LogP contribution < -0.4 is 5.32 Å². The van der Waals surface area contributed by atoms with Gasteiger partial charge in [0.05, 0.1) is 0 Å². The van der Waals surface area contributed by atoms with E-state index in [1.165, 1.54) is 0 Å². The Balaban J connectivity index is 2.05. The quantitative estimate of drug-likeness (QED) is 0.796. The average molecular weight is 282 g/mol. The van der Waals surface area contributed by atoms with E-state index >= 15 is 0 Å². The van der Waals surface area contributed by atoms with E-state index in [1.54, 1.807) is 6.92 Å². The Morgan fingerprint density at radius 1 is 1.42 bits per heavy atom. The first-order valence-corrected chi connectivity index (χ1v) is 6.57. The molecule has 0 bridgehead atoms. The summed E-state index contributed by atoms with van der Waals surface area (Å²) in [5.41, 5.74) is 2.01. The predicted molar refractivity (Wildman–Crippen MR) is 73.7 cm³/mol. The molecule has 1 aromatic carbocycles. The number of anilines is 2. The fourth-order valence-corrected chi connectivity index (χ4v) is 1.75. The van der Waals surface area contributed by atoms with E-state index in [2.05, 4.69) is 15.5 Å². The summed E-state index contributed by atoms with van der Waals surface area (Å²) in [6.07, 6.45) is 1.58. The topological polar surface area (TPSA) is 71.2 Å². The molecule has 0 spiro atoms. The zero-order chi connectivity index (χ0) is 13.7. The minimum absolute atomic E-state index is 0.193. The van der Waals surface area contributed by atoms with Crippen molar-refractivity contribution in [2.24, 2.45) is 0 Å². The molecule has 102 valence electrons. The third-order valence-electron chi connectivity index (χ3n) is 2.58. The van der Waals surface area contributed by atoms with Crippen LogP contribution >= 0.6 is 11.6 Å². The van der Waals surface area contributed by atoms with Gasteiger partial charge >= 0.3 is 6.01 Å². The van der Waals surface area contributed by atoms with Gasteiger partial charge in [-0.1, -0.05) is 17.2 Å². The van der Waals surface area contributed by atoms with Crippen LogP contribution in [0, 0.1) is 0 Å². The van der Waals surface area contributed by atoms with E-state index in [-0.39, 0.29) is 12.0 Å². The normalized spacial score (nSPS) is 12.4. The number of hydrogen-bond donors (Lipinski definition) is 2. The molecule has 0 aliphatic heterocycles. The number of hydrogen-bond acceptors (Lipinski definition) is 5. The van der Waals surface area contributed by atoms with Gasteiger partial charge < -0.3 is 14.8 Å². The first kappa shape index (κ1) is 13.8. The Bertz CT molecular complexity index is 528. The fourth-order valence-electron chi connectivity index (χ4n) is 1.66. The van der Waals surface area contributed by atoms with Gasteiger partial charge in [-0.05, 0) is 37.5 Å². The Hall–Kier alpha value is -1.59. The zero-order valence-corrected chi connectivity index (χ0v) is 11.4. The molecule has 0 aliphatic rings. The minimum Gasteiger partial charge on any atom is -0.406 e. The average Bonchev–Trinajstić information content (AvgIpc) is 2.85. The summed E-state index contributed by atoms with van der Waals surface area (Å²) >= 11 is 5.85. The van der Waals surface area contributed by atoms with Crippen molar-refractivity contribution in [3.05, 3.63) is 35.7 Å². The lowest BCUT2D eigenvalue weighted by Crippen LogP contribution is -1.93. The highest BCUT2D eigenvalue weighted by Gasteiger charge is 2.11. The van der Waals surface area contributed by atoms with Crippen molar-refractivity contribution in [3.8, 4) is 0 Å². The molecule has 0 amide bonds. The van der Waals surface area contributed by atoms with Crippen LogP contribution in [0.25, 0.3) is 0 Å². The highest BCUT2D eigenvalue weighted by Crippen LogP contribution is 2.22. The van der Waals surface area contributed by atoms with E-state index < -0.39 is 0 Å². The molecule has 19 heavy (non-hydrogen) atoms. The van der Waals surface area contributed by atoms with Gasteiger partial charge in [0.2, 0.25) is 5.89 Å². The standard InChI is InChI=1S/C13H16ClN3O2/c1-9(14)12-16-17-13(19-12)15-11-6-2-4-10(8-11)5-3-7-18/h2,4,6,8-9,18H,3,5,7H2,1H3,(H,15,17). The smallest absolute Gasteiger partial charge is 0.320 e. The number of nitrogens with one attached hydrogen (secondary N) is 1. The summed E-state index contributed by atoms with van der Waals surface area (Å²) in [4.78, 5) is 0. The molecule has 6 heteroatoms. The summed E-state index contributed by atoms with van der Waals surface area (Å²) in [7, 11) is 0. The fraction of sp³-hybridized carbons (Fsp3) is 0.385. The molecule has 1 aromatic heterocycles. The van der Waals surface area contributed by atoms with Crippen LogP contribution in [0.1, 0.15) is 30.2 Å². The van der Waals surface area contributed by atoms with Crippen molar-refractivity contribution in [3.63, 3.8) is 0 Å². The number of alkyl halides is 1. The maximum Gasteiger partial charge on any atom is 0.320 e. The van der Waals surface area contributed by atoms with E-state index in [0.29, 0.717) is 11.9 Å². The number of aliphatic hydroxyl groups is 1. The van der Waals surface area contributed by atoms with Crippen LogP contribution in [0.4, 0.5) is 11.7 Å². The van der Waals surface area contributed by atoms with Crippen LogP contribution in [0.5, 0.6) is 0 Å². The summed E-state index contributed by atoms with van der Waals surface area (Å²) in [6, 6.07) is 8.18. The highest BCUT2D eigenvalue weighted by molar-refractivity contribution is 6.20. The van der Waals surface area contributed by atoms with Crippen molar-refractivity contribution in [1.29, 1.82) is 0 Å². The lowest BCUT2D eigenvalue weighted by Gasteiger charge is -2.04. The maximum atomic E-state index is 8.83. The van der Waals surface area contributed by atoms with E-state index in [4.69, 9.17) is 21.1 Å². The van der Waals surface area contributed by atoms with Crippen LogP contribution in [0.3, 0.4) is 0 Å². The third kappa shape index (κ3) is 3.94. The number of benzene rings is 1. The van der Waals surface area contributed by atoms with Crippen molar-refractivity contribution in [1.82, 2.24) is 10.2 Å². The molecule has 1 atom stereocenters. The molecule has 0 saturated carbocycles. The summed E-state index contributed by atoms with van der Waals surface area (Å²) in [5, 5.41) is 19.3. The molecular weight excluding hydrogens is 266 g/mol. The maximum absolute atomic E-state index is 8.83. The molecule has 2 N–H and O–H groups in total. The van der Waals surface area contributed by atoms with Crippen molar-refractivity contribution < 1.29 is 9.52 Å². The second kappa shape index (κ2) is 6.54. The monoisotopic (exact) mass is 281 g/mol. The van der Waals surface area contributed by atoms with Gasteiger partial charge in [-0.25, -0.2) is 0 Å². The number of halogens is 1. The minimum atomic E-state index is -0.307. The number of nitrogens with zero attached hydrogens (tertiary/aromatic N) is 2. The van der Waals surface area contributed by atoms with Gasteiger partial charge in [0.15, 0.2) is 0 Å². The Morgan fingerprint density at radius 2 is 2.26 bits per heavy atom.